The molecule has 0 unspecified atom stereocenters. The molecule has 0 atom stereocenters. The molecule has 9 aromatic carbocycles. The summed E-state index contributed by atoms with van der Waals surface area (Å²) in [7, 11) is 0. The van der Waals surface area contributed by atoms with Gasteiger partial charge in [-0.1, -0.05) is 188 Å². The molecule has 0 aliphatic heterocycles. The molecule has 11 aromatic rings. The van der Waals surface area contributed by atoms with Gasteiger partial charge in [-0.05, 0) is 98.1 Å². The van der Waals surface area contributed by atoms with Crippen LogP contribution in [0.2, 0.25) is 0 Å². The van der Waals surface area contributed by atoms with Crippen LogP contribution >= 0.6 is 11.3 Å². The van der Waals surface area contributed by atoms with E-state index in [2.05, 4.69) is 224 Å². The van der Waals surface area contributed by atoms with Crippen LogP contribution in [0, 0.1) is 0 Å². The van der Waals surface area contributed by atoms with E-state index in [4.69, 9.17) is 9.97 Å². The average molecular weight is 807 g/mol. The fourth-order valence-corrected chi connectivity index (χ4v) is 10.9. The van der Waals surface area contributed by atoms with Gasteiger partial charge in [0.15, 0.2) is 5.82 Å². The van der Waals surface area contributed by atoms with E-state index in [1.54, 1.807) is 0 Å². The summed E-state index contributed by atoms with van der Waals surface area (Å²) < 4.78 is 2.56. The first-order chi connectivity index (χ1) is 30.7. The number of hydrogen-bond acceptors (Lipinski definition) is 3. The van der Waals surface area contributed by atoms with Gasteiger partial charge in [0.1, 0.15) is 0 Å². The molecule has 2 nitrogen and oxygen atoms in total. The Morgan fingerprint density at radius 3 is 1.61 bits per heavy atom. The fraction of sp³-hybridized carbons (Fsp3) is 0.0169. The summed E-state index contributed by atoms with van der Waals surface area (Å²) in [5.74, 6) is 0.699. The number of benzene rings is 9. The summed E-state index contributed by atoms with van der Waals surface area (Å²) in [5, 5.41) is 2.52. The predicted molar refractivity (Wildman–Crippen MR) is 259 cm³/mol. The van der Waals surface area contributed by atoms with Crippen LogP contribution in [0.3, 0.4) is 0 Å². The Bertz CT molecular complexity index is 3410. The smallest absolute Gasteiger partial charge is 0.160 e. The number of rotatable bonds is 7. The largest absolute Gasteiger partial charge is 0.228 e. The molecule has 12 rings (SSSR count). The summed E-state index contributed by atoms with van der Waals surface area (Å²) in [6, 6.07) is 83.6. The van der Waals surface area contributed by atoms with Crippen molar-refractivity contribution in [2.24, 2.45) is 0 Å². The molecule has 0 fully saturated rings. The van der Waals surface area contributed by atoms with Crippen LogP contribution in [0.4, 0.5) is 0 Å². The summed E-state index contributed by atoms with van der Waals surface area (Å²) >= 11 is 1.83. The standard InChI is InChI=1S/C59H38N2S/c1-5-18-39(19-6-1)42-34-43(47-28-17-30-52-57(47)49-27-13-15-29-51(49)59(52,45-22-9-3-10-23-45)46-24-11-4-12-25-46)36-44(35-42)54-38-53(60-58(61-54)40-20-7-2-8-21-40)41-32-33-56-50(37-41)48-26-14-16-31-55(48)62-56/h1-38H. The first kappa shape index (κ1) is 36.2. The summed E-state index contributed by atoms with van der Waals surface area (Å²) in [6.07, 6.45) is 0. The highest BCUT2D eigenvalue weighted by molar-refractivity contribution is 7.25. The molecule has 0 radical (unpaired) electrons. The maximum Gasteiger partial charge on any atom is 0.160 e. The topological polar surface area (TPSA) is 25.8 Å². The molecule has 62 heavy (non-hydrogen) atoms. The van der Waals surface area contributed by atoms with E-state index < -0.39 is 5.41 Å². The zero-order chi connectivity index (χ0) is 41.0. The third kappa shape index (κ3) is 5.85. The van der Waals surface area contributed by atoms with Crippen LogP contribution in [-0.4, -0.2) is 9.97 Å². The minimum absolute atomic E-state index is 0.495. The monoisotopic (exact) mass is 806 g/mol. The Hall–Kier alpha value is -7.72. The molecule has 0 spiro atoms. The van der Waals surface area contributed by atoms with Gasteiger partial charge in [0.25, 0.3) is 0 Å². The number of nitrogens with zero attached hydrogens (tertiary/aromatic N) is 2. The predicted octanol–water partition coefficient (Wildman–Crippen LogP) is 15.5. The van der Waals surface area contributed by atoms with E-state index in [-0.39, 0.29) is 0 Å². The highest BCUT2D eigenvalue weighted by Gasteiger charge is 2.46. The second kappa shape index (κ2) is 14.8. The summed E-state index contributed by atoms with van der Waals surface area (Å²) in [4.78, 5) is 10.6. The highest BCUT2D eigenvalue weighted by Crippen LogP contribution is 2.58. The SMILES string of the molecule is c1ccc(-c2cc(-c3cc(-c4ccc5sc6ccccc6c5c4)nc(-c4ccccc4)n3)cc(-c3cccc4c3-c3ccccc3C4(c3ccccc3)c3ccccc3)c2)cc1. The zero-order valence-corrected chi connectivity index (χ0v) is 34.6. The van der Waals surface area contributed by atoms with Crippen LogP contribution in [0.25, 0.3) is 87.5 Å². The molecule has 3 heteroatoms. The van der Waals surface area contributed by atoms with Crippen LogP contribution < -0.4 is 0 Å². The minimum atomic E-state index is -0.495. The van der Waals surface area contributed by atoms with Gasteiger partial charge in [-0.2, -0.15) is 0 Å². The van der Waals surface area contributed by atoms with Crippen molar-refractivity contribution in [2.45, 2.75) is 5.41 Å². The zero-order valence-electron chi connectivity index (χ0n) is 33.7. The van der Waals surface area contributed by atoms with Crippen LogP contribution in [0.5, 0.6) is 0 Å². The summed E-state index contributed by atoms with van der Waals surface area (Å²) in [5.41, 5.74) is 16.6. The number of aromatic nitrogens is 2. The van der Waals surface area contributed by atoms with Gasteiger partial charge in [0, 0.05) is 36.9 Å². The molecule has 1 aliphatic rings. The lowest BCUT2D eigenvalue weighted by Gasteiger charge is -2.34. The Balaban J connectivity index is 1.11. The quantitative estimate of drug-likeness (QED) is 0.160. The van der Waals surface area contributed by atoms with Gasteiger partial charge in [0.2, 0.25) is 0 Å². The molecular formula is C59H38N2S. The van der Waals surface area contributed by atoms with E-state index in [1.807, 2.05) is 17.4 Å². The lowest BCUT2D eigenvalue weighted by Crippen LogP contribution is -2.28. The number of fused-ring (bicyclic) bond motifs is 6. The first-order valence-corrected chi connectivity index (χ1v) is 22.0. The van der Waals surface area contributed by atoms with Crippen LogP contribution in [0.15, 0.2) is 231 Å². The lowest BCUT2D eigenvalue weighted by molar-refractivity contribution is 0.768. The first-order valence-electron chi connectivity index (χ1n) is 21.1. The van der Waals surface area contributed by atoms with E-state index in [9.17, 15) is 0 Å². The van der Waals surface area contributed by atoms with Crippen molar-refractivity contribution >= 4 is 31.5 Å². The van der Waals surface area contributed by atoms with Gasteiger partial charge < -0.3 is 0 Å². The Morgan fingerprint density at radius 1 is 0.323 bits per heavy atom. The molecule has 0 amide bonds. The lowest BCUT2D eigenvalue weighted by atomic mass is 9.67. The third-order valence-corrected chi connectivity index (χ3v) is 13.7. The molecule has 0 bridgehead atoms. The molecule has 2 heterocycles. The van der Waals surface area contributed by atoms with Gasteiger partial charge in [0.05, 0.1) is 16.8 Å². The molecule has 290 valence electrons. The molecule has 1 aliphatic carbocycles. The highest BCUT2D eigenvalue weighted by atomic mass is 32.1. The molecule has 0 saturated heterocycles. The average Bonchev–Trinajstić information content (AvgIpc) is 3.88. The van der Waals surface area contributed by atoms with Gasteiger partial charge in [-0.15, -0.1) is 11.3 Å². The second-order valence-electron chi connectivity index (χ2n) is 16.1. The van der Waals surface area contributed by atoms with Crippen LogP contribution in [-0.2, 0) is 5.41 Å². The Morgan fingerprint density at radius 2 is 0.871 bits per heavy atom. The normalized spacial score (nSPS) is 12.6. The number of thiophene rings is 1. The number of hydrogen-bond donors (Lipinski definition) is 0. The molecule has 0 saturated carbocycles. The van der Waals surface area contributed by atoms with Gasteiger partial charge in [-0.25, -0.2) is 9.97 Å². The van der Waals surface area contributed by atoms with Crippen molar-refractivity contribution in [3.63, 3.8) is 0 Å². The van der Waals surface area contributed by atoms with Gasteiger partial charge >= 0.3 is 0 Å². The maximum atomic E-state index is 5.37. The maximum absolute atomic E-state index is 5.37. The molecule has 0 N–H and O–H groups in total. The van der Waals surface area contributed by atoms with Crippen molar-refractivity contribution < 1.29 is 0 Å². The third-order valence-electron chi connectivity index (χ3n) is 12.6. The fourth-order valence-electron chi connectivity index (χ4n) is 9.81. The molecule has 2 aromatic heterocycles. The summed E-state index contributed by atoms with van der Waals surface area (Å²) in [6.45, 7) is 0. The minimum Gasteiger partial charge on any atom is -0.228 e. The van der Waals surface area contributed by atoms with E-state index in [0.29, 0.717) is 5.82 Å². The van der Waals surface area contributed by atoms with Gasteiger partial charge in [-0.3, -0.25) is 0 Å². The van der Waals surface area contributed by atoms with E-state index >= 15 is 0 Å². The van der Waals surface area contributed by atoms with Crippen molar-refractivity contribution in [1.29, 1.82) is 0 Å². The van der Waals surface area contributed by atoms with Crippen molar-refractivity contribution in [2.75, 3.05) is 0 Å². The Labute approximate surface area is 365 Å². The van der Waals surface area contributed by atoms with Crippen molar-refractivity contribution in [1.82, 2.24) is 9.97 Å². The van der Waals surface area contributed by atoms with E-state index in [0.717, 1.165) is 44.8 Å². The second-order valence-corrected chi connectivity index (χ2v) is 17.1. The van der Waals surface area contributed by atoms with E-state index in [1.165, 1.54) is 59.1 Å². The van der Waals surface area contributed by atoms with Crippen molar-refractivity contribution in [3.8, 4) is 67.3 Å². The Kier molecular flexibility index (Phi) is 8.62. The van der Waals surface area contributed by atoms with Crippen molar-refractivity contribution in [3.05, 3.63) is 253 Å². The van der Waals surface area contributed by atoms with Crippen LogP contribution in [0.1, 0.15) is 22.3 Å². The molecular weight excluding hydrogens is 769 g/mol.